The molecule has 13 heavy (non-hydrogen) atoms. The maximum atomic E-state index is 6.02. The lowest BCUT2D eigenvalue weighted by molar-refractivity contribution is 0.583. The van der Waals surface area contributed by atoms with Gasteiger partial charge in [0.25, 0.3) is 0 Å². The van der Waals surface area contributed by atoms with Crippen molar-refractivity contribution in [3.05, 3.63) is 28.5 Å². The highest BCUT2D eigenvalue weighted by Crippen LogP contribution is 2.36. The summed E-state index contributed by atoms with van der Waals surface area (Å²) in [7, 11) is 0. The highest BCUT2D eigenvalue weighted by atomic mass is 79.9. The van der Waals surface area contributed by atoms with Gasteiger partial charge >= 0.3 is 0 Å². The number of aromatic nitrogens is 1. The summed E-state index contributed by atoms with van der Waals surface area (Å²) in [4.78, 5) is 4.27. The molecule has 1 atom stereocenters. The van der Waals surface area contributed by atoms with Gasteiger partial charge in [0.05, 0.1) is 5.69 Å². The van der Waals surface area contributed by atoms with Crippen LogP contribution in [0.25, 0.3) is 0 Å². The average molecular weight is 241 g/mol. The molecule has 1 aromatic heterocycles. The number of hydrogen-bond donors (Lipinski definition) is 1. The van der Waals surface area contributed by atoms with Gasteiger partial charge in [0.1, 0.15) is 0 Å². The fourth-order valence-corrected chi connectivity index (χ4v) is 1.81. The Hall–Kier alpha value is -0.410. The van der Waals surface area contributed by atoms with Gasteiger partial charge in [-0.15, -0.1) is 0 Å². The molecule has 3 heteroatoms. The van der Waals surface area contributed by atoms with Gasteiger partial charge in [0.15, 0.2) is 0 Å². The van der Waals surface area contributed by atoms with Crippen LogP contribution in [0.15, 0.2) is 22.8 Å². The molecule has 1 saturated carbocycles. The van der Waals surface area contributed by atoms with Gasteiger partial charge in [-0.1, -0.05) is 28.8 Å². The van der Waals surface area contributed by atoms with E-state index >= 15 is 0 Å². The van der Waals surface area contributed by atoms with E-state index in [9.17, 15) is 0 Å². The third-order valence-corrected chi connectivity index (χ3v) is 2.90. The van der Waals surface area contributed by atoms with Gasteiger partial charge in [-0.3, -0.25) is 4.98 Å². The number of rotatable bonds is 3. The number of halogens is 1. The van der Waals surface area contributed by atoms with E-state index in [1.807, 2.05) is 12.1 Å². The molecule has 2 N–H and O–H groups in total. The first-order valence-corrected chi connectivity index (χ1v) is 5.42. The van der Waals surface area contributed by atoms with Gasteiger partial charge < -0.3 is 5.73 Å². The first-order valence-electron chi connectivity index (χ1n) is 4.63. The number of pyridine rings is 1. The molecular weight excluding hydrogens is 228 g/mol. The van der Waals surface area contributed by atoms with Gasteiger partial charge in [-0.25, -0.2) is 0 Å². The van der Waals surface area contributed by atoms with Crippen LogP contribution in [0.3, 0.4) is 0 Å². The van der Waals surface area contributed by atoms with E-state index in [0.29, 0.717) is 0 Å². The van der Waals surface area contributed by atoms with Crippen molar-refractivity contribution in [2.75, 3.05) is 0 Å². The van der Waals surface area contributed by atoms with E-state index in [1.165, 1.54) is 12.8 Å². The Bertz CT molecular complexity index is 297. The number of nitrogens with zero attached hydrogens (tertiary/aromatic N) is 1. The second-order valence-corrected chi connectivity index (χ2v) is 4.60. The maximum Gasteiger partial charge on any atom is 0.0582 e. The van der Waals surface area contributed by atoms with E-state index in [1.54, 1.807) is 6.20 Å². The minimum Gasteiger partial charge on any atom is -0.323 e. The van der Waals surface area contributed by atoms with Gasteiger partial charge in [0, 0.05) is 16.7 Å². The molecule has 2 rings (SSSR count). The summed E-state index contributed by atoms with van der Waals surface area (Å²) in [5.41, 5.74) is 7.02. The molecule has 2 nitrogen and oxygen atoms in total. The van der Waals surface area contributed by atoms with Crippen molar-refractivity contribution < 1.29 is 0 Å². The van der Waals surface area contributed by atoms with Crippen LogP contribution in [-0.4, -0.2) is 4.98 Å². The van der Waals surface area contributed by atoms with Crippen LogP contribution in [0.5, 0.6) is 0 Å². The fourth-order valence-electron chi connectivity index (χ4n) is 1.46. The van der Waals surface area contributed by atoms with E-state index in [2.05, 4.69) is 20.9 Å². The smallest absolute Gasteiger partial charge is 0.0582 e. The van der Waals surface area contributed by atoms with Crippen LogP contribution < -0.4 is 5.73 Å². The second kappa shape index (κ2) is 3.76. The standard InChI is InChI=1S/C10H13BrN2/c11-8-3-4-13-10(6-8)9(12)5-7-1-2-7/h3-4,6-7,9H,1-2,5,12H2/t9-/m1/s1. The molecule has 1 aliphatic rings. The summed E-state index contributed by atoms with van der Waals surface area (Å²) < 4.78 is 1.06. The third kappa shape index (κ3) is 2.51. The summed E-state index contributed by atoms with van der Waals surface area (Å²) in [5.74, 6) is 0.857. The summed E-state index contributed by atoms with van der Waals surface area (Å²) in [5, 5.41) is 0. The first kappa shape index (κ1) is 9.16. The van der Waals surface area contributed by atoms with Gasteiger partial charge in [0.2, 0.25) is 0 Å². The summed E-state index contributed by atoms with van der Waals surface area (Å²) in [6, 6.07) is 4.05. The lowest BCUT2D eigenvalue weighted by Crippen LogP contribution is -2.12. The highest BCUT2D eigenvalue weighted by Gasteiger charge is 2.24. The van der Waals surface area contributed by atoms with Crippen LogP contribution in [0.2, 0.25) is 0 Å². The molecule has 1 fully saturated rings. The highest BCUT2D eigenvalue weighted by molar-refractivity contribution is 9.10. The van der Waals surface area contributed by atoms with Crippen molar-refractivity contribution in [2.45, 2.75) is 25.3 Å². The summed E-state index contributed by atoms with van der Waals surface area (Å²) in [6.45, 7) is 0. The maximum absolute atomic E-state index is 6.02. The zero-order valence-corrected chi connectivity index (χ0v) is 9.00. The van der Waals surface area contributed by atoms with Crippen LogP contribution in [0, 0.1) is 5.92 Å². The average Bonchev–Trinajstić information content (AvgIpc) is 2.88. The quantitative estimate of drug-likeness (QED) is 0.883. The number of nitrogens with two attached hydrogens (primary N) is 1. The zero-order chi connectivity index (χ0) is 9.26. The Morgan fingerprint density at radius 3 is 3.00 bits per heavy atom. The van der Waals surface area contributed by atoms with Crippen molar-refractivity contribution >= 4 is 15.9 Å². The zero-order valence-electron chi connectivity index (χ0n) is 7.41. The van der Waals surface area contributed by atoms with Crippen molar-refractivity contribution in [1.29, 1.82) is 0 Å². The fraction of sp³-hybridized carbons (Fsp3) is 0.500. The molecule has 0 amide bonds. The molecule has 0 aliphatic heterocycles. The summed E-state index contributed by atoms with van der Waals surface area (Å²) in [6.07, 6.45) is 5.58. The first-order chi connectivity index (χ1) is 6.25. The van der Waals surface area contributed by atoms with Crippen LogP contribution in [0.4, 0.5) is 0 Å². The molecule has 1 aromatic rings. The number of hydrogen-bond acceptors (Lipinski definition) is 2. The van der Waals surface area contributed by atoms with Crippen LogP contribution in [-0.2, 0) is 0 Å². The molecule has 0 aromatic carbocycles. The minimum absolute atomic E-state index is 0.116. The van der Waals surface area contributed by atoms with E-state index in [-0.39, 0.29) is 6.04 Å². The normalized spacial score (nSPS) is 18.6. The topological polar surface area (TPSA) is 38.9 Å². The molecule has 0 spiro atoms. The van der Waals surface area contributed by atoms with Crippen molar-refractivity contribution in [2.24, 2.45) is 11.7 Å². The van der Waals surface area contributed by atoms with E-state index in [4.69, 9.17) is 5.73 Å². The Balaban J connectivity index is 2.04. The van der Waals surface area contributed by atoms with E-state index < -0.39 is 0 Å². The molecule has 1 aliphatic carbocycles. The molecular formula is C10H13BrN2. The Labute approximate surface area is 86.7 Å². The SMILES string of the molecule is N[C@H](CC1CC1)c1cc(Br)ccn1. The third-order valence-electron chi connectivity index (χ3n) is 2.41. The van der Waals surface area contributed by atoms with Crippen molar-refractivity contribution in [1.82, 2.24) is 4.98 Å². The monoisotopic (exact) mass is 240 g/mol. The van der Waals surface area contributed by atoms with Crippen LogP contribution in [0.1, 0.15) is 31.0 Å². The predicted octanol–water partition coefficient (Wildman–Crippen LogP) is 2.64. The van der Waals surface area contributed by atoms with Gasteiger partial charge in [-0.2, -0.15) is 0 Å². The van der Waals surface area contributed by atoms with Crippen molar-refractivity contribution in [3.63, 3.8) is 0 Å². The van der Waals surface area contributed by atoms with Crippen LogP contribution >= 0.6 is 15.9 Å². The predicted molar refractivity (Wildman–Crippen MR) is 56.2 cm³/mol. The molecule has 1 heterocycles. The van der Waals surface area contributed by atoms with Crippen molar-refractivity contribution in [3.8, 4) is 0 Å². The Morgan fingerprint density at radius 2 is 2.38 bits per heavy atom. The molecule has 0 unspecified atom stereocenters. The lowest BCUT2D eigenvalue weighted by atomic mass is 10.1. The molecule has 0 bridgehead atoms. The largest absolute Gasteiger partial charge is 0.323 e. The minimum atomic E-state index is 0.116. The van der Waals surface area contributed by atoms with Gasteiger partial charge in [-0.05, 0) is 24.5 Å². The molecule has 0 radical (unpaired) electrons. The Kier molecular flexibility index (Phi) is 2.65. The Morgan fingerprint density at radius 1 is 1.62 bits per heavy atom. The summed E-state index contributed by atoms with van der Waals surface area (Å²) >= 11 is 3.42. The lowest BCUT2D eigenvalue weighted by Gasteiger charge is -2.09. The molecule has 70 valence electrons. The second-order valence-electron chi connectivity index (χ2n) is 3.68. The van der Waals surface area contributed by atoms with E-state index in [0.717, 1.165) is 22.5 Å². The molecule has 0 saturated heterocycles.